The van der Waals surface area contributed by atoms with Crippen LogP contribution >= 0.6 is 11.6 Å². The molecule has 0 aliphatic rings. The maximum Gasteiger partial charge on any atom is 0.282 e. The van der Waals surface area contributed by atoms with Gasteiger partial charge in [-0.3, -0.25) is 14.9 Å². The lowest BCUT2D eigenvalue weighted by atomic mass is 9.99. The number of halogens is 1. The summed E-state index contributed by atoms with van der Waals surface area (Å²) in [4.78, 5) is 22.7. The van der Waals surface area contributed by atoms with Crippen LogP contribution in [0.3, 0.4) is 0 Å². The van der Waals surface area contributed by atoms with Crippen molar-refractivity contribution in [3.8, 4) is 6.07 Å². The molecule has 0 aromatic heterocycles. The van der Waals surface area contributed by atoms with Gasteiger partial charge in [0.15, 0.2) is 0 Å². The molecule has 1 N–H and O–H groups in total. The lowest BCUT2D eigenvalue weighted by Gasteiger charge is -2.05. The summed E-state index contributed by atoms with van der Waals surface area (Å²) >= 11 is 5.70. The van der Waals surface area contributed by atoms with Gasteiger partial charge in [-0.2, -0.15) is 5.26 Å². The molecule has 0 aliphatic carbocycles. The summed E-state index contributed by atoms with van der Waals surface area (Å²) < 4.78 is 0. The predicted molar refractivity (Wildman–Crippen MR) is 84.0 cm³/mol. The molecule has 0 fully saturated rings. The number of ketones is 1. The largest absolute Gasteiger partial charge is 0.506 e. The number of nitro benzene ring substituents is 1. The Labute approximate surface area is 136 Å². The Hall–Kier alpha value is -3.17. The Morgan fingerprint density at radius 3 is 2.43 bits per heavy atom. The van der Waals surface area contributed by atoms with Crippen LogP contribution in [-0.4, -0.2) is 15.8 Å². The second-order valence-corrected chi connectivity index (χ2v) is 4.89. The zero-order chi connectivity index (χ0) is 17.0. The van der Waals surface area contributed by atoms with E-state index < -0.39 is 27.7 Å². The second kappa shape index (κ2) is 6.73. The van der Waals surface area contributed by atoms with Crippen LogP contribution in [0.5, 0.6) is 0 Å². The highest BCUT2D eigenvalue weighted by atomic mass is 35.5. The van der Waals surface area contributed by atoms with Crippen molar-refractivity contribution in [3.05, 3.63) is 80.4 Å². The van der Waals surface area contributed by atoms with Gasteiger partial charge in [0, 0.05) is 16.7 Å². The van der Waals surface area contributed by atoms with Crippen LogP contribution in [0.25, 0.3) is 5.76 Å². The van der Waals surface area contributed by atoms with Crippen molar-refractivity contribution in [1.82, 2.24) is 0 Å². The molecule has 0 spiro atoms. The fraction of sp³-hybridized carbons (Fsp3) is 0. The number of hydrogen-bond donors (Lipinski definition) is 1. The van der Waals surface area contributed by atoms with E-state index in [0.717, 1.165) is 12.1 Å². The average molecular weight is 329 g/mol. The Balaban J connectivity index is 2.59. The van der Waals surface area contributed by atoms with Gasteiger partial charge < -0.3 is 5.11 Å². The van der Waals surface area contributed by atoms with Crippen LogP contribution in [0.1, 0.15) is 15.9 Å². The molecule has 114 valence electrons. The maximum absolute atomic E-state index is 12.4. The van der Waals surface area contributed by atoms with E-state index in [9.17, 15) is 25.3 Å². The van der Waals surface area contributed by atoms with E-state index in [0.29, 0.717) is 0 Å². The van der Waals surface area contributed by atoms with Gasteiger partial charge in [-0.25, -0.2) is 0 Å². The van der Waals surface area contributed by atoms with Gasteiger partial charge in [0.1, 0.15) is 23.0 Å². The molecular formula is C16H9ClN2O4. The first-order valence-corrected chi connectivity index (χ1v) is 6.71. The SMILES string of the molecule is N#C/C(C(=O)c1ccc(Cl)cc1[N+](=O)[O-])=C(/O)c1ccccc1. The molecule has 0 atom stereocenters. The number of aliphatic hydroxyl groups excluding tert-OH is 1. The monoisotopic (exact) mass is 328 g/mol. The van der Waals surface area contributed by atoms with Crippen LogP contribution in [0.4, 0.5) is 5.69 Å². The molecule has 2 aromatic rings. The first kappa shape index (κ1) is 16.2. The van der Waals surface area contributed by atoms with Gasteiger partial charge in [-0.1, -0.05) is 41.9 Å². The van der Waals surface area contributed by atoms with Gasteiger partial charge in [-0.05, 0) is 12.1 Å². The molecule has 0 bridgehead atoms. The molecule has 0 aliphatic heterocycles. The summed E-state index contributed by atoms with van der Waals surface area (Å²) in [7, 11) is 0. The predicted octanol–water partition coefficient (Wildman–Crippen LogP) is 3.92. The van der Waals surface area contributed by atoms with Crippen molar-refractivity contribution in [2.45, 2.75) is 0 Å². The summed E-state index contributed by atoms with van der Waals surface area (Å²) in [5, 5.41) is 30.5. The van der Waals surface area contributed by atoms with Crippen molar-refractivity contribution in [2.75, 3.05) is 0 Å². The zero-order valence-corrected chi connectivity index (χ0v) is 12.3. The molecule has 0 heterocycles. The average Bonchev–Trinajstić information content (AvgIpc) is 2.55. The normalized spacial score (nSPS) is 11.3. The Kier molecular flexibility index (Phi) is 4.74. The smallest absolute Gasteiger partial charge is 0.282 e. The standard InChI is InChI=1S/C16H9ClN2O4/c17-11-6-7-12(14(8-11)19(22)23)16(21)13(9-18)15(20)10-4-2-1-3-5-10/h1-8,20H/b15-13-. The van der Waals surface area contributed by atoms with Crippen molar-refractivity contribution < 1.29 is 14.8 Å². The highest BCUT2D eigenvalue weighted by molar-refractivity contribution is 6.31. The topological polar surface area (TPSA) is 104 Å². The number of nitriles is 1. The van der Waals surface area contributed by atoms with E-state index in [-0.39, 0.29) is 16.1 Å². The fourth-order valence-corrected chi connectivity index (χ4v) is 2.10. The molecule has 0 radical (unpaired) electrons. The van der Waals surface area contributed by atoms with E-state index in [1.165, 1.54) is 18.2 Å². The van der Waals surface area contributed by atoms with Gasteiger partial charge in [0.05, 0.1) is 4.92 Å². The third kappa shape index (κ3) is 3.36. The quantitative estimate of drug-likeness (QED) is 0.229. The number of aliphatic hydroxyl groups is 1. The number of nitrogens with zero attached hydrogens (tertiary/aromatic N) is 2. The van der Waals surface area contributed by atoms with E-state index in [1.54, 1.807) is 24.3 Å². The summed E-state index contributed by atoms with van der Waals surface area (Å²) in [5.74, 6) is -1.49. The number of carbonyl (C=O) groups excluding carboxylic acids is 1. The first-order valence-electron chi connectivity index (χ1n) is 6.33. The highest BCUT2D eigenvalue weighted by Crippen LogP contribution is 2.27. The van der Waals surface area contributed by atoms with E-state index in [2.05, 4.69) is 0 Å². The van der Waals surface area contributed by atoms with Crippen molar-refractivity contribution >= 4 is 28.8 Å². The zero-order valence-electron chi connectivity index (χ0n) is 11.6. The molecule has 0 saturated heterocycles. The van der Waals surface area contributed by atoms with Crippen LogP contribution in [0.2, 0.25) is 5.02 Å². The minimum atomic E-state index is -0.947. The highest BCUT2D eigenvalue weighted by Gasteiger charge is 2.26. The summed E-state index contributed by atoms with van der Waals surface area (Å²) in [5.41, 5.74) is -1.18. The minimum Gasteiger partial charge on any atom is -0.506 e. The van der Waals surface area contributed by atoms with Crippen LogP contribution in [-0.2, 0) is 0 Å². The minimum absolute atomic E-state index is 0.0861. The Morgan fingerprint density at radius 1 is 1.22 bits per heavy atom. The lowest BCUT2D eigenvalue weighted by molar-refractivity contribution is -0.385. The molecule has 0 amide bonds. The third-order valence-electron chi connectivity index (χ3n) is 3.02. The van der Waals surface area contributed by atoms with E-state index in [4.69, 9.17) is 11.6 Å². The molecule has 0 saturated carbocycles. The number of benzene rings is 2. The van der Waals surface area contributed by atoms with Crippen molar-refractivity contribution in [2.24, 2.45) is 0 Å². The van der Waals surface area contributed by atoms with Gasteiger partial charge in [-0.15, -0.1) is 0 Å². The maximum atomic E-state index is 12.4. The van der Waals surface area contributed by atoms with Gasteiger partial charge in [0.2, 0.25) is 5.78 Å². The van der Waals surface area contributed by atoms with E-state index in [1.807, 2.05) is 0 Å². The number of nitro groups is 1. The van der Waals surface area contributed by atoms with Crippen LogP contribution in [0.15, 0.2) is 54.1 Å². The number of Topliss-reactive ketones (excluding diaryl/α,β-unsaturated/α-hetero) is 1. The fourth-order valence-electron chi connectivity index (χ4n) is 1.93. The Bertz CT molecular complexity index is 854. The number of hydrogen-bond acceptors (Lipinski definition) is 5. The van der Waals surface area contributed by atoms with Gasteiger partial charge >= 0.3 is 0 Å². The van der Waals surface area contributed by atoms with Crippen LogP contribution < -0.4 is 0 Å². The summed E-state index contributed by atoms with van der Waals surface area (Å²) in [6.07, 6.45) is 0. The third-order valence-corrected chi connectivity index (χ3v) is 3.26. The first-order chi connectivity index (χ1) is 11.0. The number of carbonyl (C=O) groups is 1. The molecule has 2 rings (SSSR count). The Morgan fingerprint density at radius 2 is 1.87 bits per heavy atom. The lowest BCUT2D eigenvalue weighted by Crippen LogP contribution is -2.08. The number of rotatable bonds is 4. The molecule has 6 nitrogen and oxygen atoms in total. The van der Waals surface area contributed by atoms with Crippen molar-refractivity contribution in [1.29, 1.82) is 5.26 Å². The number of allylic oxidation sites excluding steroid dienone is 1. The molecule has 7 heteroatoms. The molecule has 0 unspecified atom stereocenters. The van der Waals surface area contributed by atoms with Crippen LogP contribution in [0, 0.1) is 21.4 Å². The summed E-state index contributed by atoms with van der Waals surface area (Å²) in [6.45, 7) is 0. The molecule has 23 heavy (non-hydrogen) atoms. The summed E-state index contributed by atoms with van der Waals surface area (Å²) in [6, 6.07) is 13.0. The van der Waals surface area contributed by atoms with Crippen molar-refractivity contribution in [3.63, 3.8) is 0 Å². The molecular weight excluding hydrogens is 320 g/mol. The van der Waals surface area contributed by atoms with E-state index >= 15 is 0 Å². The van der Waals surface area contributed by atoms with Gasteiger partial charge in [0.25, 0.3) is 5.69 Å². The second-order valence-electron chi connectivity index (χ2n) is 4.45. The molecule has 2 aromatic carbocycles.